The van der Waals surface area contributed by atoms with Gasteiger partial charge in [0.05, 0.1) is 13.2 Å². The minimum atomic E-state index is -4.77. The lowest BCUT2D eigenvalue weighted by atomic mass is 10.0. The van der Waals surface area contributed by atoms with E-state index in [-0.39, 0.29) is 12.8 Å². The molecule has 1 amide bonds. The summed E-state index contributed by atoms with van der Waals surface area (Å²) in [5.74, 6) is -2.41. The van der Waals surface area contributed by atoms with E-state index in [0.717, 1.165) is 57.8 Å². The second kappa shape index (κ2) is 47.0. The Morgan fingerprint density at radius 3 is 1.31 bits per heavy atom. The molecular weight excluding hydrogens is 830 g/mol. The Bertz CT molecular complexity index is 1270. The van der Waals surface area contributed by atoms with Gasteiger partial charge >= 0.3 is 19.8 Å². The molecule has 4 N–H and O–H groups in total. The number of carbonyl (C=O) groups excluding carboxylic acids is 2. The first-order valence-corrected chi connectivity index (χ1v) is 27.2. The summed E-state index contributed by atoms with van der Waals surface area (Å²) in [6.45, 7) is 2.58. The van der Waals surface area contributed by atoms with E-state index in [2.05, 4.69) is 67.8 Å². The van der Waals surface area contributed by atoms with Gasteiger partial charge in [0.2, 0.25) is 5.91 Å². The maximum atomic E-state index is 12.3. The van der Waals surface area contributed by atoms with E-state index in [9.17, 15) is 34.1 Å². The number of nitrogens with one attached hydrogen (secondary N) is 1. The van der Waals surface area contributed by atoms with Crippen molar-refractivity contribution in [1.82, 2.24) is 5.32 Å². The van der Waals surface area contributed by atoms with E-state index >= 15 is 0 Å². The molecule has 0 fully saturated rings. The van der Waals surface area contributed by atoms with Crippen molar-refractivity contribution in [3.63, 3.8) is 0 Å². The van der Waals surface area contributed by atoms with Crippen LogP contribution in [0.1, 0.15) is 232 Å². The number of aliphatic hydroxyl groups excluding tert-OH is 1. The normalized spacial score (nSPS) is 13.9. The molecule has 0 aromatic heterocycles. The second-order valence-corrected chi connectivity index (χ2v) is 18.8. The molecule has 0 saturated heterocycles. The van der Waals surface area contributed by atoms with Gasteiger partial charge in [0.15, 0.2) is 6.04 Å². The monoisotopic (exact) mass is 924 g/mol. The SMILES string of the molecule is CCCCC/C=C\C/C=C\C/C=C\C/C=C\CCCCCC(=O)NC(COP(=O)(O)OCC(O)COC(=O)CCCCCCCCCCCCCCCCCCCCCCC)C(=O)O. The molecule has 3 unspecified atom stereocenters. The van der Waals surface area contributed by atoms with Crippen molar-refractivity contribution in [2.45, 2.75) is 244 Å². The molecule has 0 aliphatic carbocycles. The number of carbonyl (C=O) groups is 3. The fraction of sp³-hybridized carbons (Fsp3) is 0.788. The van der Waals surface area contributed by atoms with Crippen LogP contribution >= 0.6 is 7.82 Å². The molecule has 0 heterocycles. The lowest BCUT2D eigenvalue weighted by Gasteiger charge is -2.18. The summed E-state index contributed by atoms with van der Waals surface area (Å²) in [6, 6.07) is -1.56. The maximum Gasteiger partial charge on any atom is 0.472 e. The van der Waals surface area contributed by atoms with Crippen molar-refractivity contribution in [1.29, 1.82) is 0 Å². The molecule has 372 valence electrons. The number of phosphoric acid groups is 1. The number of allylic oxidation sites excluding steroid dienone is 8. The van der Waals surface area contributed by atoms with Crippen molar-refractivity contribution in [2.75, 3.05) is 19.8 Å². The average Bonchev–Trinajstić information content (AvgIpc) is 3.27. The number of amides is 1. The Balaban J connectivity index is 3.86. The third-order valence-corrected chi connectivity index (χ3v) is 12.1. The number of carboxylic acid groups (broad SMARTS) is 1. The Morgan fingerprint density at radius 1 is 0.500 bits per heavy atom. The first kappa shape index (κ1) is 61.4. The quantitative estimate of drug-likeness (QED) is 0.0199. The van der Waals surface area contributed by atoms with Crippen LogP contribution in [-0.2, 0) is 32.7 Å². The highest BCUT2D eigenvalue weighted by molar-refractivity contribution is 7.47. The van der Waals surface area contributed by atoms with Crippen LogP contribution in [-0.4, -0.2) is 64.9 Å². The number of phosphoric ester groups is 1. The summed E-state index contributed by atoms with van der Waals surface area (Å²) in [6.07, 6.45) is 54.2. The number of rotatable bonds is 48. The van der Waals surface area contributed by atoms with E-state index in [0.29, 0.717) is 12.8 Å². The number of aliphatic carboxylic acids is 1. The van der Waals surface area contributed by atoms with Crippen molar-refractivity contribution >= 4 is 25.7 Å². The number of unbranched alkanes of at least 4 members (excludes halogenated alkanes) is 26. The van der Waals surface area contributed by atoms with E-state index in [1.807, 2.05) is 0 Å². The minimum absolute atomic E-state index is 0.107. The Hall–Kier alpha value is -2.56. The van der Waals surface area contributed by atoms with Crippen LogP contribution in [0.4, 0.5) is 0 Å². The van der Waals surface area contributed by atoms with Crippen LogP contribution in [0.15, 0.2) is 48.6 Å². The van der Waals surface area contributed by atoms with Gasteiger partial charge in [-0.15, -0.1) is 0 Å². The third kappa shape index (κ3) is 46.0. The zero-order valence-corrected chi connectivity index (χ0v) is 41.5. The average molecular weight is 924 g/mol. The van der Waals surface area contributed by atoms with Gasteiger partial charge in [0, 0.05) is 12.8 Å². The molecule has 0 rings (SSSR count). The topological polar surface area (TPSA) is 169 Å². The zero-order chi connectivity index (χ0) is 47.0. The molecule has 0 aliphatic heterocycles. The van der Waals surface area contributed by atoms with Gasteiger partial charge in [0.25, 0.3) is 0 Å². The largest absolute Gasteiger partial charge is 0.480 e. The van der Waals surface area contributed by atoms with Crippen molar-refractivity contribution in [3.05, 3.63) is 48.6 Å². The number of aliphatic hydroxyl groups is 1. The van der Waals surface area contributed by atoms with E-state index < -0.39 is 57.6 Å². The van der Waals surface area contributed by atoms with Crippen molar-refractivity contribution in [2.24, 2.45) is 0 Å². The zero-order valence-electron chi connectivity index (χ0n) is 40.6. The fourth-order valence-corrected chi connectivity index (χ4v) is 7.90. The van der Waals surface area contributed by atoms with Crippen LogP contribution in [0.2, 0.25) is 0 Å². The highest BCUT2D eigenvalue weighted by Crippen LogP contribution is 2.43. The number of ether oxygens (including phenoxy) is 1. The molecule has 0 aliphatic rings. The summed E-state index contributed by atoms with van der Waals surface area (Å²) in [4.78, 5) is 46.1. The first-order chi connectivity index (χ1) is 31.1. The van der Waals surface area contributed by atoms with Crippen molar-refractivity contribution < 1.29 is 47.8 Å². The van der Waals surface area contributed by atoms with Crippen LogP contribution in [0.3, 0.4) is 0 Å². The predicted octanol–water partition coefficient (Wildman–Crippen LogP) is 14.1. The maximum absolute atomic E-state index is 12.3. The first-order valence-electron chi connectivity index (χ1n) is 25.7. The number of hydrogen-bond acceptors (Lipinski definition) is 8. The molecule has 12 heteroatoms. The Kier molecular flexibility index (Phi) is 45.1. The molecule has 3 atom stereocenters. The third-order valence-electron chi connectivity index (χ3n) is 11.1. The van der Waals surface area contributed by atoms with Gasteiger partial charge in [-0.25, -0.2) is 9.36 Å². The van der Waals surface area contributed by atoms with Gasteiger partial charge in [-0.2, -0.15) is 0 Å². The lowest BCUT2D eigenvalue weighted by Crippen LogP contribution is -2.43. The van der Waals surface area contributed by atoms with Crippen molar-refractivity contribution in [3.8, 4) is 0 Å². The lowest BCUT2D eigenvalue weighted by molar-refractivity contribution is -0.147. The van der Waals surface area contributed by atoms with Crippen LogP contribution in [0.5, 0.6) is 0 Å². The predicted molar refractivity (Wildman–Crippen MR) is 263 cm³/mol. The Morgan fingerprint density at radius 2 is 0.859 bits per heavy atom. The molecule has 0 radical (unpaired) electrons. The molecule has 0 spiro atoms. The molecule has 0 bridgehead atoms. The molecule has 64 heavy (non-hydrogen) atoms. The fourth-order valence-electron chi connectivity index (χ4n) is 7.12. The van der Waals surface area contributed by atoms with Gasteiger partial charge in [-0.05, 0) is 57.8 Å². The Labute approximate surface area is 390 Å². The van der Waals surface area contributed by atoms with Gasteiger partial charge < -0.3 is 25.2 Å². The summed E-state index contributed by atoms with van der Waals surface area (Å²) in [5, 5.41) is 21.9. The van der Waals surface area contributed by atoms with Crippen LogP contribution < -0.4 is 5.32 Å². The molecule has 0 aromatic carbocycles. The number of carboxylic acids is 1. The van der Waals surface area contributed by atoms with Crippen LogP contribution in [0, 0.1) is 0 Å². The van der Waals surface area contributed by atoms with E-state index in [1.165, 1.54) is 135 Å². The molecule has 0 aromatic rings. The van der Waals surface area contributed by atoms with E-state index in [4.69, 9.17) is 13.8 Å². The molecular formula is C52H94NO10P. The number of esters is 1. The van der Waals surface area contributed by atoms with Gasteiger partial charge in [-0.1, -0.05) is 210 Å². The highest BCUT2D eigenvalue weighted by Gasteiger charge is 2.28. The molecule has 11 nitrogen and oxygen atoms in total. The summed E-state index contributed by atoms with van der Waals surface area (Å²) in [5.41, 5.74) is 0. The summed E-state index contributed by atoms with van der Waals surface area (Å²) < 4.78 is 26.9. The van der Waals surface area contributed by atoms with Gasteiger partial charge in [0.1, 0.15) is 12.7 Å². The second-order valence-electron chi connectivity index (χ2n) is 17.4. The smallest absolute Gasteiger partial charge is 0.472 e. The summed E-state index contributed by atoms with van der Waals surface area (Å²) in [7, 11) is -4.77. The highest BCUT2D eigenvalue weighted by atomic mass is 31.2. The number of hydrogen-bond donors (Lipinski definition) is 4. The van der Waals surface area contributed by atoms with Gasteiger partial charge in [-0.3, -0.25) is 18.6 Å². The molecule has 0 saturated carbocycles. The minimum Gasteiger partial charge on any atom is -0.480 e. The van der Waals surface area contributed by atoms with Crippen LogP contribution in [0.25, 0.3) is 0 Å². The summed E-state index contributed by atoms with van der Waals surface area (Å²) >= 11 is 0. The standard InChI is InChI=1S/C52H94NO10P/c1-3-5-7-9-11-13-15-17-19-21-23-24-26-28-30-32-34-36-38-40-42-44-51(56)61-45-48(54)46-62-64(59,60)63-47-49(52(57)58)53-50(55)43-41-39-37-35-33-31-29-27-25-22-20-18-16-14-12-10-8-6-4-2/h12,14,18,20,25,27,31,33,48-49,54H,3-11,13,15-17,19,21-24,26,28-30,32,34-47H2,1-2H3,(H,53,55)(H,57,58)(H,59,60)/b14-12-,20-18-,27-25-,33-31-. The van der Waals surface area contributed by atoms with E-state index in [1.54, 1.807) is 0 Å².